The van der Waals surface area contributed by atoms with Gasteiger partial charge in [0.15, 0.2) is 9.84 Å². The van der Waals surface area contributed by atoms with Gasteiger partial charge in [-0.1, -0.05) is 6.07 Å². The number of hydrogen-bond acceptors (Lipinski definition) is 6. The Bertz CT molecular complexity index is 1020. The summed E-state index contributed by atoms with van der Waals surface area (Å²) < 4.78 is 36.7. The van der Waals surface area contributed by atoms with Crippen molar-refractivity contribution in [2.75, 3.05) is 32.1 Å². The van der Waals surface area contributed by atoms with Gasteiger partial charge in [-0.05, 0) is 86.5 Å². The lowest BCUT2D eigenvalue weighted by Gasteiger charge is -2.41. The minimum atomic E-state index is -3.16. The van der Waals surface area contributed by atoms with Crippen LogP contribution in [0.1, 0.15) is 36.8 Å². The highest BCUT2D eigenvalue weighted by Crippen LogP contribution is 2.39. The van der Waals surface area contributed by atoms with Gasteiger partial charge in [-0.3, -0.25) is 4.98 Å². The molecule has 6 nitrogen and oxygen atoms in total. The minimum absolute atomic E-state index is 0.00419. The van der Waals surface area contributed by atoms with Gasteiger partial charge in [-0.2, -0.15) is 0 Å². The van der Waals surface area contributed by atoms with Gasteiger partial charge in [0.2, 0.25) is 0 Å². The van der Waals surface area contributed by atoms with Crippen LogP contribution in [0.5, 0.6) is 5.75 Å². The van der Waals surface area contributed by atoms with E-state index in [9.17, 15) is 8.42 Å². The number of benzene rings is 1. The van der Waals surface area contributed by atoms with E-state index in [1.807, 2.05) is 12.1 Å². The lowest BCUT2D eigenvalue weighted by molar-refractivity contribution is 0.0170. The molecule has 4 heterocycles. The first-order valence-electron chi connectivity index (χ1n) is 11.3. The van der Waals surface area contributed by atoms with Crippen LogP contribution in [-0.4, -0.2) is 51.1 Å². The maximum atomic E-state index is 12.5. The van der Waals surface area contributed by atoms with E-state index >= 15 is 0 Å². The number of aromatic nitrogens is 1. The topological polar surface area (TPSA) is 77.5 Å². The molecule has 0 aliphatic carbocycles. The Balaban J connectivity index is 1.27. The third-order valence-corrected chi connectivity index (χ3v) is 8.52. The molecule has 0 bridgehead atoms. The molecule has 3 aliphatic heterocycles. The Kier molecular flexibility index (Phi) is 5.75. The summed E-state index contributed by atoms with van der Waals surface area (Å²) >= 11 is 0. The van der Waals surface area contributed by atoms with Gasteiger partial charge in [0.25, 0.3) is 0 Å². The number of piperidine rings is 1. The number of pyridine rings is 1. The van der Waals surface area contributed by atoms with Crippen molar-refractivity contribution in [2.45, 2.75) is 43.5 Å². The number of nitrogens with one attached hydrogen (secondary N) is 1. The molecule has 3 aliphatic rings. The van der Waals surface area contributed by atoms with Gasteiger partial charge in [-0.15, -0.1) is 0 Å². The fourth-order valence-electron chi connectivity index (χ4n) is 4.98. The summed E-state index contributed by atoms with van der Waals surface area (Å²) in [7, 11) is -3.16. The molecule has 1 aromatic heterocycles. The zero-order chi connectivity index (χ0) is 21.3. The molecule has 1 atom stereocenters. The third kappa shape index (κ3) is 4.78. The maximum absolute atomic E-state index is 12.5. The molecule has 1 aromatic carbocycles. The van der Waals surface area contributed by atoms with Gasteiger partial charge >= 0.3 is 0 Å². The normalized spacial score (nSPS) is 22.8. The van der Waals surface area contributed by atoms with E-state index < -0.39 is 9.84 Å². The molecule has 0 radical (unpaired) electrons. The van der Waals surface area contributed by atoms with Crippen molar-refractivity contribution in [3.8, 4) is 17.0 Å². The lowest BCUT2D eigenvalue weighted by Crippen LogP contribution is -2.48. The van der Waals surface area contributed by atoms with Crippen LogP contribution in [0, 0.1) is 5.92 Å². The average Bonchev–Trinajstić information content (AvgIpc) is 3.26. The molecule has 2 fully saturated rings. The molecule has 5 rings (SSSR count). The van der Waals surface area contributed by atoms with Crippen molar-refractivity contribution < 1.29 is 17.9 Å². The summed E-state index contributed by atoms with van der Waals surface area (Å²) in [5, 5.41) is 3.42. The van der Waals surface area contributed by atoms with E-state index in [0.717, 1.165) is 67.8 Å². The third-order valence-electron chi connectivity index (χ3n) is 6.77. The molecular formula is C24H30N2O4S. The average molecular weight is 443 g/mol. The second-order valence-electron chi connectivity index (χ2n) is 9.19. The molecule has 31 heavy (non-hydrogen) atoms. The zero-order valence-electron chi connectivity index (χ0n) is 17.8. The molecule has 1 spiro atoms. The summed E-state index contributed by atoms with van der Waals surface area (Å²) in [4.78, 5) is 4.56. The number of aryl methyl sites for hydroxylation is 1. The summed E-state index contributed by atoms with van der Waals surface area (Å²) in [6.45, 7) is 3.26. The van der Waals surface area contributed by atoms with Gasteiger partial charge in [0.1, 0.15) is 11.4 Å². The molecule has 0 saturated carbocycles. The largest absolute Gasteiger partial charge is 0.487 e. The molecule has 2 aromatic rings. The Morgan fingerprint density at radius 1 is 1.13 bits per heavy atom. The molecule has 7 heteroatoms. The van der Waals surface area contributed by atoms with Crippen LogP contribution in [0.3, 0.4) is 0 Å². The highest BCUT2D eigenvalue weighted by Gasteiger charge is 2.37. The molecule has 2 saturated heterocycles. The van der Waals surface area contributed by atoms with Crippen molar-refractivity contribution in [2.24, 2.45) is 5.92 Å². The number of fused-ring (bicyclic) bond motifs is 1. The Labute approximate surface area is 184 Å². The van der Waals surface area contributed by atoms with Crippen LogP contribution in [0.15, 0.2) is 36.5 Å². The smallest absolute Gasteiger partial charge is 0.154 e. The Hall–Kier alpha value is -1.96. The number of sulfone groups is 1. The van der Waals surface area contributed by atoms with E-state index in [1.54, 1.807) is 6.20 Å². The molecular weight excluding hydrogens is 412 g/mol. The summed E-state index contributed by atoms with van der Waals surface area (Å²) in [6, 6.07) is 10.1. The zero-order valence-corrected chi connectivity index (χ0v) is 18.6. The van der Waals surface area contributed by atoms with Crippen LogP contribution in [0.4, 0.5) is 0 Å². The predicted octanol–water partition coefficient (Wildman–Crippen LogP) is 3.15. The predicted molar refractivity (Wildman–Crippen MR) is 120 cm³/mol. The lowest BCUT2D eigenvalue weighted by atomic mass is 9.83. The first-order valence-corrected chi connectivity index (χ1v) is 13.1. The van der Waals surface area contributed by atoms with E-state index in [2.05, 4.69) is 28.5 Å². The SMILES string of the molecule is O=S(=O)(Cc1ccc(-c2ccc3c(c2)CCC2(CCNCC2)O3)nc1)CC1CCOC1. The maximum Gasteiger partial charge on any atom is 0.154 e. The molecule has 1 N–H and O–H groups in total. The first-order chi connectivity index (χ1) is 15.0. The van der Waals surface area contributed by atoms with Gasteiger partial charge < -0.3 is 14.8 Å². The number of rotatable bonds is 5. The van der Waals surface area contributed by atoms with E-state index in [1.165, 1.54) is 5.56 Å². The van der Waals surface area contributed by atoms with E-state index in [4.69, 9.17) is 9.47 Å². The van der Waals surface area contributed by atoms with Crippen molar-refractivity contribution in [3.63, 3.8) is 0 Å². The fraction of sp³-hybridized carbons (Fsp3) is 0.542. The first kappa shape index (κ1) is 20.9. The summed E-state index contributed by atoms with van der Waals surface area (Å²) in [5.74, 6) is 1.34. The van der Waals surface area contributed by atoms with Gasteiger partial charge in [-0.25, -0.2) is 8.42 Å². The minimum Gasteiger partial charge on any atom is -0.487 e. The van der Waals surface area contributed by atoms with Gasteiger partial charge in [0, 0.05) is 18.4 Å². The quantitative estimate of drug-likeness (QED) is 0.767. The fourth-order valence-corrected chi connectivity index (χ4v) is 6.76. The van der Waals surface area contributed by atoms with Gasteiger partial charge in [0.05, 0.1) is 23.8 Å². The second-order valence-corrected chi connectivity index (χ2v) is 11.3. The van der Waals surface area contributed by atoms with Crippen LogP contribution >= 0.6 is 0 Å². The van der Waals surface area contributed by atoms with Crippen LogP contribution in [0.2, 0.25) is 0 Å². The highest BCUT2D eigenvalue weighted by atomic mass is 32.2. The molecule has 166 valence electrons. The Morgan fingerprint density at radius 2 is 2.00 bits per heavy atom. The molecule has 1 unspecified atom stereocenters. The van der Waals surface area contributed by atoms with Crippen molar-refractivity contribution in [1.29, 1.82) is 0 Å². The number of nitrogens with zero attached hydrogens (tertiary/aromatic N) is 1. The van der Waals surface area contributed by atoms with Crippen molar-refractivity contribution in [1.82, 2.24) is 10.3 Å². The number of hydrogen-bond donors (Lipinski definition) is 1. The monoisotopic (exact) mass is 442 g/mol. The Morgan fingerprint density at radius 3 is 2.74 bits per heavy atom. The van der Waals surface area contributed by atoms with Crippen LogP contribution < -0.4 is 10.1 Å². The van der Waals surface area contributed by atoms with Crippen molar-refractivity contribution >= 4 is 9.84 Å². The summed E-state index contributed by atoms with van der Waals surface area (Å²) in [6.07, 6.45) is 6.72. The van der Waals surface area contributed by atoms with E-state index in [-0.39, 0.29) is 23.0 Å². The second kappa shape index (κ2) is 8.52. The number of ether oxygens (including phenoxy) is 2. The molecule has 0 amide bonds. The van der Waals surface area contributed by atoms with Crippen LogP contribution in [0.25, 0.3) is 11.3 Å². The highest BCUT2D eigenvalue weighted by molar-refractivity contribution is 7.90. The van der Waals surface area contributed by atoms with E-state index in [0.29, 0.717) is 13.2 Å². The van der Waals surface area contributed by atoms with Crippen molar-refractivity contribution in [3.05, 3.63) is 47.7 Å². The van der Waals surface area contributed by atoms with Crippen LogP contribution in [-0.2, 0) is 26.7 Å². The summed E-state index contributed by atoms with van der Waals surface area (Å²) in [5.41, 5.74) is 3.86. The standard InChI is InChI=1S/C24H30N2O4S/c27-31(28,17-19-6-12-29-15-19)16-18-1-3-22(26-14-18)20-2-4-23-21(13-20)5-7-24(30-23)8-10-25-11-9-24/h1-4,13-14,19,25H,5-12,15-17H2.